The fraction of sp³-hybridized carbons (Fsp3) is 0.433. The van der Waals surface area contributed by atoms with Crippen molar-refractivity contribution in [1.29, 1.82) is 0 Å². The first-order chi connectivity index (χ1) is 18.4. The minimum absolute atomic E-state index is 0.0476. The summed E-state index contributed by atoms with van der Waals surface area (Å²) in [7, 11) is 0.505. The van der Waals surface area contributed by atoms with Crippen molar-refractivity contribution in [2.75, 3.05) is 27.4 Å². The molecular formula is C30H39NO7Si. The van der Waals surface area contributed by atoms with Gasteiger partial charge in [0.1, 0.15) is 6.61 Å². The molecule has 2 aromatic rings. The van der Waals surface area contributed by atoms with E-state index in [9.17, 15) is 14.4 Å². The monoisotopic (exact) mass is 553 g/mol. The van der Waals surface area contributed by atoms with Crippen LogP contribution < -0.4 is 0 Å². The van der Waals surface area contributed by atoms with Crippen LogP contribution in [0.1, 0.15) is 43.5 Å². The van der Waals surface area contributed by atoms with Gasteiger partial charge in [-0.15, -0.1) is 0 Å². The van der Waals surface area contributed by atoms with Crippen molar-refractivity contribution in [3.05, 3.63) is 82.4 Å². The average molecular weight is 554 g/mol. The van der Waals surface area contributed by atoms with E-state index >= 15 is 0 Å². The summed E-state index contributed by atoms with van der Waals surface area (Å²) < 4.78 is 22.1. The fourth-order valence-corrected chi connectivity index (χ4v) is 5.31. The Morgan fingerprint density at radius 2 is 1.54 bits per heavy atom. The Bertz CT molecular complexity index is 1220. The van der Waals surface area contributed by atoms with Gasteiger partial charge in [0, 0.05) is 6.61 Å². The summed E-state index contributed by atoms with van der Waals surface area (Å²) in [5, 5.41) is 0.0630. The molecule has 2 aromatic carbocycles. The van der Waals surface area contributed by atoms with Gasteiger partial charge >= 0.3 is 18.0 Å². The maximum absolute atomic E-state index is 13.4. The van der Waals surface area contributed by atoms with E-state index in [-0.39, 0.29) is 29.3 Å². The van der Waals surface area contributed by atoms with E-state index in [1.54, 1.807) is 0 Å². The average Bonchev–Trinajstić information content (AvgIpc) is 3.31. The highest BCUT2D eigenvalue weighted by atomic mass is 28.4. The van der Waals surface area contributed by atoms with Crippen LogP contribution in [0.2, 0.25) is 18.1 Å². The molecule has 1 heterocycles. The molecule has 1 amide bonds. The van der Waals surface area contributed by atoms with Gasteiger partial charge < -0.3 is 18.6 Å². The Morgan fingerprint density at radius 3 is 2.15 bits per heavy atom. The van der Waals surface area contributed by atoms with Crippen LogP contribution in [0.15, 0.2) is 65.7 Å². The van der Waals surface area contributed by atoms with E-state index in [1.807, 2.05) is 54.6 Å². The lowest BCUT2D eigenvalue weighted by Crippen LogP contribution is -2.41. The van der Waals surface area contributed by atoms with Gasteiger partial charge in [-0.1, -0.05) is 75.4 Å². The number of hydrogen-bond acceptors (Lipinski definition) is 7. The molecule has 0 spiro atoms. The summed E-state index contributed by atoms with van der Waals surface area (Å²) in [6, 6.07) is 16.0. The Morgan fingerprint density at radius 1 is 0.923 bits per heavy atom. The molecular weight excluding hydrogens is 514 g/mol. The van der Waals surface area contributed by atoms with E-state index in [0.29, 0.717) is 18.6 Å². The van der Waals surface area contributed by atoms with Crippen molar-refractivity contribution in [1.82, 2.24) is 4.90 Å². The summed E-state index contributed by atoms with van der Waals surface area (Å²) in [4.78, 5) is 40.6. The van der Waals surface area contributed by atoms with Crippen LogP contribution in [0.5, 0.6) is 0 Å². The minimum atomic E-state index is -1.98. The normalized spacial score (nSPS) is 15.8. The minimum Gasteiger partial charge on any atom is -0.466 e. The molecule has 8 nitrogen and oxygen atoms in total. The molecule has 0 N–H and O–H groups in total. The van der Waals surface area contributed by atoms with Gasteiger partial charge in [-0.05, 0) is 41.2 Å². The lowest BCUT2D eigenvalue weighted by atomic mass is 9.92. The van der Waals surface area contributed by atoms with Crippen LogP contribution in [-0.4, -0.2) is 58.6 Å². The molecule has 0 aliphatic carbocycles. The van der Waals surface area contributed by atoms with Crippen molar-refractivity contribution in [3.8, 4) is 0 Å². The van der Waals surface area contributed by atoms with Crippen LogP contribution in [0.25, 0.3) is 0 Å². The second kappa shape index (κ2) is 12.6. The highest BCUT2D eigenvalue weighted by molar-refractivity contribution is 6.74. The summed E-state index contributed by atoms with van der Waals surface area (Å²) in [6.45, 7) is 11.3. The number of hydrogen-bond donors (Lipinski definition) is 0. The predicted molar refractivity (Wildman–Crippen MR) is 150 cm³/mol. The fourth-order valence-electron chi connectivity index (χ4n) is 4.27. The first-order valence-corrected chi connectivity index (χ1v) is 15.9. The van der Waals surface area contributed by atoms with Crippen LogP contribution in [0, 0.1) is 0 Å². The molecule has 210 valence electrons. The number of methoxy groups -OCH3 is 2. The van der Waals surface area contributed by atoms with E-state index < -0.39 is 32.4 Å². The third kappa shape index (κ3) is 6.96. The van der Waals surface area contributed by atoms with Crippen LogP contribution in [0.3, 0.4) is 0 Å². The Kier molecular flexibility index (Phi) is 9.74. The molecule has 1 aliphatic heterocycles. The quantitative estimate of drug-likeness (QED) is 0.227. The van der Waals surface area contributed by atoms with Crippen molar-refractivity contribution in [3.63, 3.8) is 0 Å². The summed E-state index contributed by atoms with van der Waals surface area (Å²) in [5.74, 6) is -1.40. The molecule has 1 aliphatic rings. The number of carbonyl (C=O) groups is 3. The number of amides is 1. The zero-order valence-corrected chi connectivity index (χ0v) is 24.9. The predicted octanol–water partition coefficient (Wildman–Crippen LogP) is 5.59. The third-order valence-electron chi connectivity index (χ3n) is 7.51. The molecule has 1 atom stereocenters. The molecule has 1 unspecified atom stereocenters. The van der Waals surface area contributed by atoms with Gasteiger partial charge in [-0.2, -0.15) is 0 Å². The molecule has 0 bridgehead atoms. The lowest BCUT2D eigenvalue weighted by Gasteiger charge is -2.36. The number of benzene rings is 2. The maximum atomic E-state index is 13.4. The van der Waals surface area contributed by atoms with Crippen molar-refractivity contribution in [2.24, 2.45) is 0 Å². The SMILES string of the molecule is COC(=O)C1=C(C(=O)OC)C(c2ccccc2CCO[Si](C)(C)C(C)(C)C)N(C(=O)OCc2ccccc2)C1. The number of carbonyl (C=O) groups excluding carboxylic acids is 3. The van der Waals surface area contributed by atoms with Crippen LogP contribution in [0.4, 0.5) is 4.79 Å². The molecule has 9 heteroatoms. The van der Waals surface area contributed by atoms with Gasteiger partial charge in [0.2, 0.25) is 0 Å². The second-order valence-electron chi connectivity index (χ2n) is 11.0. The van der Waals surface area contributed by atoms with E-state index in [4.69, 9.17) is 18.6 Å². The zero-order chi connectivity index (χ0) is 28.8. The Balaban J connectivity index is 1.98. The van der Waals surface area contributed by atoms with Crippen molar-refractivity contribution < 1.29 is 33.0 Å². The molecule has 0 saturated carbocycles. The van der Waals surface area contributed by atoms with Gasteiger partial charge in [0.05, 0.1) is 38.0 Å². The van der Waals surface area contributed by atoms with E-state index in [0.717, 1.165) is 11.1 Å². The van der Waals surface area contributed by atoms with E-state index in [2.05, 4.69) is 33.9 Å². The van der Waals surface area contributed by atoms with E-state index in [1.165, 1.54) is 19.1 Å². The molecule has 3 rings (SSSR count). The maximum Gasteiger partial charge on any atom is 0.411 e. The lowest BCUT2D eigenvalue weighted by molar-refractivity contribution is -0.139. The molecule has 0 radical (unpaired) electrons. The van der Waals surface area contributed by atoms with Crippen molar-refractivity contribution in [2.45, 2.75) is 58.0 Å². The Hall–Kier alpha value is -3.43. The third-order valence-corrected chi connectivity index (χ3v) is 12.0. The number of nitrogens with zero attached hydrogens (tertiary/aromatic N) is 1. The molecule has 39 heavy (non-hydrogen) atoms. The highest BCUT2D eigenvalue weighted by Gasteiger charge is 2.45. The zero-order valence-electron chi connectivity index (χ0n) is 23.9. The molecule has 0 saturated heterocycles. The summed E-state index contributed by atoms with van der Waals surface area (Å²) in [6.07, 6.45) is -0.0924. The van der Waals surface area contributed by atoms with Gasteiger partial charge in [0.25, 0.3) is 0 Å². The first-order valence-electron chi connectivity index (χ1n) is 13.0. The largest absolute Gasteiger partial charge is 0.466 e. The summed E-state index contributed by atoms with van der Waals surface area (Å²) in [5.41, 5.74) is 2.55. The van der Waals surface area contributed by atoms with Crippen LogP contribution in [-0.2, 0) is 41.3 Å². The van der Waals surface area contributed by atoms with Gasteiger partial charge in [-0.25, -0.2) is 14.4 Å². The number of rotatable bonds is 9. The first kappa shape index (κ1) is 30.1. The topological polar surface area (TPSA) is 91.4 Å². The second-order valence-corrected chi connectivity index (χ2v) is 15.8. The number of esters is 2. The van der Waals surface area contributed by atoms with Gasteiger partial charge in [0.15, 0.2) is 8.32 Å². The smallest absolute Gasteiger partial charge is 0.411 e. The highest BCUT2D eigenvalue weighted by Crippen LogP contribution is 2.41. The molecule has 0 aromatic heterocycles. The van der Waals surface area contributed by atoms with Crippen molar-refractivity contribution >= 4 is 26.3 Å². The summed E-state index contributed by atoms with van der Waals surface area (Å²) >= 11 is 0. The van der Waals surface area contributed by atoms with Gasteiger partial charge in [-0.3, -0.25) is 4.90 Å². The number of ether oxygens (including phenoxy) is 3. The Labute approximate surface area is 232 Å². The standard InChI is InChI=1S/C30H39NO7Si/c1-30(2,3)39(6,7)38-18-17-22-15-11-12-16-23(22)26-25(28(33)36-5)24(27(32)35-4)19-31(26)29(34)37-20-21-13-9-8-10-14-21/h8-16,26H,17-20H2,1-7H3. The van der Waals surface area contributed by atoms with Crippen LogP contribution >= 0.6 is 0 Å². The molecule has 0 fully saturated rings.